The molecule has 12 heavy (non-hydrogen) atoms. The quantitative estimate of drug-likeness (QED) is 0.537. The molecule has 0 aromatic rings. The molecule has 0 aromatic carbocycles. The van der Waals surface area contributed by atoms with Crippen LogP contribution in [0.15, 0.2) is 0 Å². The van der Waals surface area contributed by atoms with Gasteiger partial charge in [0.05, 0.1) is 6.04 Å². The van der Waals surface area contributed by atoms with Crippen LogP contribution in [0.2, 0.25) is 0 Å². The number of carbonyl (C=O) groups is 1. The largest absolute Gasteiger partial charge is 0.298 e. The third kappa shape index (κ3) is 0.764. The molecule has 2 nitrogen and oxygen atoms in total. The molecular formula is C10H15NO. The van der Waals surface area contributed by atoms with E-state index in [1.165, 1.54) is 25.8 Å². The second-order valence-corrected chi connectivity index (χ2v) is 4.48. The van der Waals surface area contributed by atoms with Crippen molar-refractivity contribution < 1.29 is 4.79 Å². The minimum Gasteiger partial charge on any atom is -0.298 e. The molecule has 4 unspecified atom stereocenters. The Labute approximate surface area is 72.9 Å². The van der Waals surface area contributed by atoms with Crippen LogP contribution >= 0.6 is 0 Å². The van der Waals surface area contributed by atoms with E-state index in [0.717, 1.165) is 24.8 Å². The van der Waals surface area contributed by atoms with Crippen LogP contribution in [0, 0.1) is 5.92 Å². The predicted molar refractivity (Wildman–Crippen MR) is 45.9 cm³/mol. The first kappa shape index (κ1) is 7.07. The second kappa shape index (κ2) is 2.32. The van der Waals surface area contributed by atoms with Gasteiger partial charge in [-0.25, -0.2) is 0 Å². The summed E-state index contributed by atoms with van der Waals surface area (Å²) in [6, 6.07) is 1.14. The predicted octanol–water partition coefficient (Wildman–Crippen LogP) is 1.20. The summed E-state index contributed by atoms with van der Waals surface area (Å²) in [4.78, 5) is 14.1. The molecule has 4 bridgehead atoms. The third-order valence-electron chi connectivity index (χ3n) is 3.89. The molecule has 3 fully saturated rings. The maximum Gasteiger partial charge on any atom is 0.150 e. The number of hydrogen-bond donors (Lipinski definition) is 0. The van der Waals surface area contributed by atoms with Crippen molar-refractivity contribution in [2.75, 3.05) is 6.54 Å². The molecule has 0 radical (unpaired) electrons. The fourth-order valence-electron chi connectivity index (χ4n) is 3.43. The van der Waals surface area contributed by atoms with E-state index in [1.807, 2.05) is 0 Å². The first-order chi connectivity index (χ1) is 5.86. The highest BCUT2D eigenvalue weighted by molar-refractivity contribution is 5.86. The van der Waals surface area contributed by atoms with Gasteiger partial charge >= 0.3 is 0 Å². The van der Waals surface area contributed by atoms with Crippen LogP contribution in [-0.4, -0.2) is 29.3 Å². The van der Waals surface area contributed by atoms with Crippen molar-refractivity contribution >= 4 is 5.78 Å². The highest BCUT2D eigenvalue weighted by Gasteiger charge is 2.49. The van der Waals surface area contributed by atoms with Crippen LogP contribution in [0.4, 0.5) is 0 Å². The zero-order valence-electron chi connectivity index (χ0n) is 7.33. The summed E-state index contributed by atoms with van der Waals surface area (Å²) >= 11 is 0. The summed E-state index contributed by atoms with van der Waals surface area (Å²) in [5.41, 5.74) is 0. The summed E-state index contributed by atoms with van der Waals surface area (Å²) in [5.74, 6) is 1.27. The Morgan fingerprint density at radius 1 is 1.33 bits per heavy atom. The van der Waals surface area contributed by atoms with Crippen LogP contribution in [0.25, 0.3) is 0 Å². The Morgan fingerprint density at radius 2 is 2.25 bits per heavy atom. The summed E-state index contributed by atoms with van der Waals surface area (Å²) in [7, 11) is 0. The van der Waals surface area contributed by atoms with Gasteiger partial charge in [-0.1, -0.05) is 0 Å². The third-order valence-corrected chi connectivity index (χ3v) is 3.89. The minimum atomic E-state index is 0.359. The highest BCUT2D eigenvalue weighted by Crippen LogP contribution is 2.43. The molecule has 0 aromatic heterocycles. The number of nitrogens with zero attached hydrogens (tertiary/aromatic N) is 1. The molecule has 0 N–H and O–H groups in total. The monoisotopic (exact) mass is 165 g/mol. The maximum atomic E-state index is 11.6. The molecule has 3 heterocycles. The second-order valence-electron chi connectivity index (χ2n) is 4.48. The average Bonchev–Trinajstić information content (AvgIpc) is 2.24. The van der Waals surface area contributed by atoms with Gasteiger partial charge in [-0.2, -0.15) is 0 Å². The summed E-state index contributed by atoms with van der Waals surface area (Å²) < 4.78 is 0. The van der Waals surface area contributed by atoms with Crippen molar-refractivity contribution in [3.63, 3.8) is 0 Å². The first-order valence-electron chi connectivity index (χ1n) is 5.15. The number of rotatable bonds is 0. The molecule has 0 saturated carbocycles. The Balaban J connectivity index is 1.97. The van der Waals surface area contributed by atoms with Crippen LogP contribution in [0.1, 0.15) is 32.1 Å². The molecule has 3 aliphatic rings. The van der Waals surface area contributed by atoms with E-state index in [-0.39, 0.29) is 0 Å². The van der Waals surface area contributed by atoms with Gasteiger partial charge in [0.25, 0.3) is 0 Å². The van der Waals surface area contributed by atoms with Crippen LogP contribution < -0.4 is 0 Å². The number of piperidine rings is 2. The van der Waals surface area contributed by atoms with Gasteiger partial charge in [-0.15, -0.1) is 0 Å². The zero-order valence-corrected chi connectivity index (χ0v) is 7.33. The van der Waals surface area contributed by atoms with E-state index in [0.29, 0.717) is 11.8 Å². The van der Waals surface area contributed by atoms with Crippen molar-refractivity contribution in [1.29, 1.82) is 0 Å². The average molecular weight is 165 g/mol. The normalized spacial score (nSPS) is 51.2. The van der Waals surface area contributed by atoms with Crippen molar-refractivity contribution in [1.82, 2.24) is 4.90 Å². The smallest absolute Gasteiger partial charge is 0.150 e. The lowest BCUT2D eigenvalue weighted by Crippen LogP contribution is -2.49. The number of carbonyl (C=O) groups excluding carboxylic acids is 1. The van der Waals surface area contributed by atoms with Gasteiger partial charge in [0.2, 0.25) is 0 Å². The maximum absolute atomic E-state index is 11.6. The lowest BCUT2D eigenvalue weighted by Gasteiger charge is -2.37. The highest BCUT2D eigenvalue weighted by atomic mass is 16.1. The topological polar surface area (TPSA) is 20.3 Å². The standard InChI is InChI=1S/C10H15NO/c12-9-4-3-8-6-7-2-1-5-11(8)10(7)9/h7-8,10H,1-6H2. The van der Waals surface area contributed by atoms with Gasteiger partial charge in [-0.3, -0.25) is 9.69 Å². The fourth-order valence-corrected chi connectivity index (χ4v) is 3.43. The summed E-state index contributed by atoms with van der Waals surface area (Å²) in [6.07, 6.45) is 5.96. The molecule has 4 atom stereocenters. The molecule has 3 saturated heterocycles. The molecule has 3 aliphatic heterocycles. The van der Waals surface area contributed by atoms with Gasteiger partial charge in [0.1, 0.15) is 5.78 Å². The van der Waals surface area contributed by atoms with Crippen LogP contribution in [0.5, 0.6) is 0 Å². The molecular weight excluding hydrogens is 150 g/mol. The lowest BCUT2D eigenvalue weighted by atomic mass is 9.89. The number of Topliss-reactive ketones (excluding diaryl/α,β-unsaturated/α-hetero) is 1. The van der Waals surface area contributed by atoms with Gasteiger partial charge in [-0.05, 0) is 38.1 Å². The van der Waals surface area contributed by atoms with Gasteiger partial charge in [0, 0.05) is 12.5 Å². The molecule has 0 spiro atoms. The number of hydrogen-bond acceptors (Lipinski definition) is 2. The fraction of sp³-hybridized carbons (Fsp3) is 0.900. The van der Waals surface area contributed by atoms with Crippen molar-refractivity contribution in [2.45, 2.75) is 44.2 Å². The Bertz CT molecular complexity index is 226. The Morgan fingerprint density at radius 3 is 3.08 bits per heavy atom. The van der Waals surface area contributed by atoms with E-state index in [4.69, 9.17) is 0 Å². The first-order valence-corrected chi connectivity index (χ1v) is 5.15. The summed E-state index contributed by atoms with van der Waals surface area (Å²) in [5, 5.41) is 0. The van der Waals surface area contributed by atoms with Gasteiger partial charge < -0.3 is 0 Å². The van der Waals surface area contributed by atoms with Crippen molar-refractivity contribution in [2.24, 2.45) is 5.92 Å². The Hall–Kier alpha value is -0.370. The van der Waals surface area contributed by atoms with E-state index in [2.05, 4.69) is 4.90 Å². The van der Waals surface area contributed by atoms with Crippen LogP contribution in [0.3, 0.4) is 0 Å². The molecule has 3 rings (SSSR count). The zero-order chi connectivity index (χ0) is 8.13. The lowest BCUT2D eigenvalue weighted by molar-refractivity contribution is -0.128. The van der Waals surface area contributed by atoms with Crippen molar-refractivity contribution in [3.8, 4) is 0 Å². The van der Waals surface area contributed by atoms with E-state index in [9.17, 15) is 4.79 Å². The number of ketones is 1. The molecule has 0 amide bonds. The molecule has 2 heteroatoms. The Kier molecular flexibility index (Phi) is 1.37. The van der Waals surface area contributed by atoms with E-state index in [1.54, 1.807) is 0 Å². The van der Waals surface area contributed by atoms with Gasteiger partial charge in [0.15, 0.2) is 0 Å². The van der Waals surface area contributed by atoms with Crippen LogP contribution in [-0.2, 0) is 4.79 Å². The van der Waals surface area contributed by atoms with Crippen molar-refractivity contribution in [3.05, 3.63) is 0 Å². The van der Waals surface area contributed by atoms with E-state index < -0.39 is 0 Å². The summed E-state index contributed by atoms with van der Waals surface area (Å²) in [6.45, 7) is 1.19. The van der Waals surface area contributed by atoms with E-state index >= 15 is 0 Å². The minimum absolute atomic E-state index is 0.359. The molecule has 66 valence electrons. The molecule has 0 aliphatic carbocycles. The SMILES string of the molecule is O=C1CCC2CC3CCCN2C13.